The topological polar surface area (TPSA) is 66.0 Å². The number of carbonyl (C=O) groups excluding carboxylic acids is 1. The van der Waals surface area contributed by atoms with Gasteiger partial charge in [0.15, 0.2) is 0 Å². The summed E-state index contributed by atoms with van der Waals surface area (Å²) in [5, 5.41) is 8.51. The number of urea groups is 1. The van der Waals surface area contributed by atoms with Crippen molar-refractivity contribution in [3.05, 3.63) is 54.0 Å². The first-order chi connectivity index (χ1) is 12.1. The van der Waals surface area contributed by atoms with Crippen LogP contribution in [0.3, 0.4) is 0 Å². The predicted octanol–water partition coefficient (Wildman–Crippen LogP) is 3.68. The summed E-state index contributed by atoms with van der Waals surface area (Å²) in [6.07, 6.45) is 5.73. The van der Waals surface area contributed by atoms with Crippen molar-refractivity contribution in [2.75, 3.05) is 6.54 Å². The zero-order valence-corrected chi connectivity index (χ0v) is 15.0. The SMILES string of the molecule is CCN(Cc1cnn(CC)c1)C(=O)NC(C)c1ccc2[nH]ccc2c1. The number of benzene rings is 1. The number of aromatic amines is 1. The Labute approximate surface area is 147 Å². The van der Waals surface area contributed by atoms with Gasteiger partial charge in [0.05, 0.1) is 18.8 Å². The van der Waals surface area contributed by atoms with Gasteiger partial charge >= 0.3 is 6.03 Å². The van der Waals surface area contributed by atoms with E-state index in [9.17, 15) is 4.79 Å². The van der Waals surface area contributed by atoms with Crippen molar-refractivity contribution in [2.24, 2.45) is 0 Å². The molecule has 0 aliphatic carbocycles. The predicted molar refractivity (Wildman–Crippen MR) is 99.2 cm³/mol. The van der Waals surface area contributed by atoms with E-state index >= 15 is 0 Å². The molecule has 132 valence electrons. The number of rotatable bonds is 6. The number of aryl methyl sites for hydroxylation is 1. The number of fused-ring (bicyclic) bond motifs is 1. The number of hydrogen-bond acceptors (Lipinski definition) is 2. The molecule has 0 fully saturated rings. The second-order valence-corrected chi connectivity index (χ2v) is 6.21. The Morgan fingerprint density at radius 1 is 1.36 bits per heavy atom. The standard InChI is InChI=1S/C19H25N5O/c1-4-23(12-15-11-21-24(5-2)13-15)19(25)22-14(3)16-6-7-18-17(10-16)8-9-20-18/h6-11,13-14,20H,4-5,12H2,1-3H3,(H,22,25). The van der Waals surface area contributed by atoms with Gasteiger partial charge in [0.25, 0.3) is 0 Å². The number of H-pyrrole nitrogens is 1. The fourth-order valence-corrected chi connectivity index (χ4v) is 2.91. The first kappa shape index (κ1) is 17.1. The van der Waals surface area contributed by atoms with Crippen LogP contribution in [0.2, 0.25) is 0 Å². The average molecular weight is 339 g/mol. The van der Waals surface area contributed by atoms with Crippen molar-refractivity contribution >= 4 is 16.9 Å². The molecule has 6 nitrogen and oxygen atoms in total. The highest BCUT2D eigenvalue weighted by Crippen LogP contribution is 2.19. The maximum absolute atomic E-state index is 12.6. The molecule has 25 heavy (non-hydrogen) atoms. The van der Waals surface area contributed by atoms with Crippen molar-refractivity contribution in [1.29, 1.82) is 0 Å². The Kier molecular flexibility index (Phi) is 5.07. The van der Waals surface area contributed by atoms with Gasteiger partial charge < -0.3 is 15.2 Å². The summed E-state index contributed by atoms with van der Waals surface area (Å²) in [5.74, 6) is 0. The molecular weight excluding hydrogens is 314 g/mol. The molecule has 2 heterocycles. The minimum absolute atomic E-state index is 0.0563. The van der Waals surface area contributed by atoms with Crippen LogP contribution in [0, 0.1) is 0 Å². The molecule has 3 rings (SSSR count). The number of hydrogen-bond donors (Lipinski definition) is 2. The van der Waals surface area contributed by atoms with Crippen molar-refractivity contribution in [3.8, 4) is 0 Å². The van der Waals surface area contributed by atoms with Crippen LogP contribution in [0.1, 0.15) is 37.9 Å². The summed E-state index contributed by atoms with van der Waals surface area (Å²) in [7, 11) is 0. The van der Waals surface area contributed by atoms with Gasteiger partial charge in [-0.3, -0.25) is 4.68 Å². The molecule has 2 N–H and O–H groups in total. The smallest absolute Gasteiger partial charge is 0.318 e. The van der Waals surface area contributed by atoms with Crippen LogP contribution >= 0.6 is 0 Å². The molecule has 0 spiro atoms. The van der Waals surface area contributed by atoms with Gasteiger partial charge in [0.2, 0.25) is 0 Å². The molecule has 2 amide bonds. The molecule has 1 unspecified atom stereocenters. The summed E-state index contributed by atoms with van der Waals surface area (Å²) in [5.41, 5.74) is 3.24. The van der Waals surface area contributed by atoms with Crippen LogP contribution in [0.25, 0.3) is 10.9 Å². The molecular formula is C19H25N5O. The normalized spacial score (nSPS) is 12.3. The van der Waals surface area contributed by atoms with Crippen LogP contribution in [0.5, 0.6) is 0 Å². The lowest BCUT2D eigenvalue weighted by atomic mass is 10.1. The van der Waals surface area contributed by atoms with Crippen LogP contribution in [0.4, 0.5) is 4.79 Å². The summed E-state index contributed by atoms with van der Waals surface area (Å²) >= 11 is 0. The number of aromatic nitrogens is 3. The first-order valence-corrected chi connectivity index (χ1v) is 8.74. The Morgan fingerprint density at radius 2 is 2.20 bits per heavy atom. The first-order valence-electron chi connectivity index (χ1n) is 8.74. The van der Waals surface area contributed by atoms with Crippen molar-refractivity contribution in [2.45, 2.75) is 39.9 Å². The lowest BCUT2D eigenvalue weighted by Crippen LogP contribution is -2.40. The monoisotopic (exact) mass is 339 g/mol. The Bertz CT molecular complexity index is 850. The van der Waals surface area contributed by atoms with Gasteiger partial charge in [0.1, 0.15) is 0 Å². The quantitative estimate of drug-likeness (QED) is 0.719. The molecule has 0 aliphatic rings. The minimum Gasteiger partial charge on any atom is -0.361 e. The lowest BCUT2D eigenvalue weighted by Gasteiger charge is -2.24. The summed E-state index contributed by atoms with van der Waals surface area (Å²) in [6.45, 7) is 8.08. The van der Waals surface area contributed by atoms with Crippen LogP contribution in [0.15, 0.2) is 42.9 Å². The molecule has 2 aromatic heterocycles. The Balaban J connectivity index is 1.65. The minimum atomic E-state index is -0.0617. The Hall–Kier alpha value is -2.76. The maximum atomic E-state index is 12.6. The van der Waals surface area contributed by atoms with Crippen molar-refractivity contribution in [3.63, 3.8) is 0 Å². The van der Waals surface area contributed by atoms with E-state index in [1.54, 1.807) is 4.90 Å². The second-order valence-electron chi connectivity index (χ2n) is 6.21. The summed E-state index contributed by atoms with van der Waals surface area (Å²) in [6, 6.07) is 8.12. The Morgan fingerprint density at radius 3 is 2.92 bits per heavy atom. The zero-order chi connectivity index (χ0) is 17.8. The van der Waals surface area contributed by atoms with Gasteiger partial charge in [-0.1, -0.05) is 6.07 Å². The summed E-state index contributed by atoms with van der Waals surface area (Å²) in [4.78, 5) is 17.6. The number of nitrogens with one attached hydrogen (secondary N) is 2. The average Bonchev–Trinajstić information content (AvgIpc) is 3.27. The highest BCUT2D eigenvalue weighted by atomic mass is 16.2. The molecule has 0 saturated heterocycles. The van der Waals surface area contributed by atoms with Gasteiger partial charge in [-0.25, -0.2) is 4.79 Å². The zero-order valence-electron chi connectivity index (χ0n) is 15.0. The molecule has 1 atom stereocenters. The summed E-state index contributed by atoms with van der Waals surface area (Å²) < 4.78 is 1.87. The van der Waals surface area contributed by atoms with Crippen LogP contribution < -0.4 is 5.32 Å². The number of nitrogens with zero attached hydrogens (tertiary/aromatic N) is 3. The molecule has 6 heteroatoms. The molecule has 0 aliphatic heterocycles. The van der Waals surface area contributed by atoms with E-state index in [-0.39, 0.29) is 12.1 Å². The molecule has 0 saturated carbocycles. The van der Waals surface area contributed by atoms with E-state index in [0.29, 0.717) is 13.1 Å². The third kappa shape index (κ3) is 3.84. The van der Waals surface area contributed by atoms with Crippen molar-refractivity contribution < 1.29 is 4.79 Å². The van der Waals surface area contributed by atoms with Gasteiger partial charge in [-0.05, 0) is 49.9 Å². The van der Waals surface area contributed by atoms with E-state index in [0.717, 1.165) is 28.6 Å². The number of amides is 2. The van der Waals surface area contributed by atoms with Crippen molar-refractivity contribution in [1.82, 2.24) is 25.0 Å². The van der Waals surface area contributed by atoms with E-state index in [1.807, 2.05) is 62.2 Å². The van der Waals surface area contributed by atoms with Crippen LogP contribution in [-0.2, 0) is 13.1 Å². The molecule has 0 radical (unpaired) electrons. The van der Waals surface area contributed by atoms with E-state index in [1.165, 1.54) is 0 Å². The molecule has 0 bridgehead atoms. The van der Waals surface area contributed by atoms with E-state index in [2.05, 4.69) is 21.5 Å². The number of carbonyl (C=O) groups is 1. The third-order valence-corrected chi connectivity index (χ3v) is 4.47. The van der Waals surface area contributed by atoms with Gasteiger partial charge in [-0.2, -0.15) is 5.10 Å². The highest BCUT2D eigenvalue weighted by molar-refractivity contribution is 5.80. The van der Waals surface area contributed by atoms with Crippen LogP contribution in [-0.4, -0.2) is 32.2 Å². The fourth-order valence-electron chi connectivity index (χ4n) is 2.91. The third-order valence-electron chi connectivity index (χ3n) is 4.47. The van der Waals surface area contributed by atoms with Gasteiger partial charge in [0, 0.05) is 36.6 Å². The van der Waals surface area contributed by atoms with Gasteiger partial charge in [-0.15, -0.1) is 0 Å². The molecule has 1 aromatic carbocycles. The largest absolute Gasteiger partial charge is 0.361 e. The lowest BCUT2D eigenvalue weighted by molar-refractivity contribution is 0.195. The molecule has 3 aromatic rings. The van der Waals surface area contributed by atoms with E-state index in [4.69, 9.17) is 0 Å². The fraction of sp³-hybridized carbons (Fsp3) is 0.368. The second kappa shape index (κ2) is 7.42. The van der Waals surface area contributed by atoms with E-state index < -0.39 is 0 Å². The maximum Gasteiger partial charge on any atom is 0.318 e. The highest BCUT2D eigenvalue weighted by Gasteiger charge is 2.16.